The van der Waals surface area contributed by atoms with Crippen molar-refractivity contribution < 1.29 is 14.7 Å². The van der Waals surface area contributed by atoms with E-state index in [0.29, 0.717) is 5.01 Å². The van der Waals surface area contributed by atoms with Crippen LogP contribution in [-0.2, 0) is 11.2 Å². The molecular formula is C7H8N2O3S. The van der Waals surface area contributed by atoms with Crippen LogP contribution in [-0.4, -0.2) is 29.0 Å². The topological polar surface area (TPSA) is 79.3 Å². The van der Waals surface area contributed by atoms with E-state index in [1.165, 1.54) is 23.8 Å². The lowest BCUT2D eigenvalue weighted by atomic mass is 10.4. The first-order chi connectivity index (χ1) is 6.13. The molecule has 70 valence electrons. The maximum Gasteiger partial charge on any atom is 0.355 e. The van der Waals surface area contributed by atoms with Crippen LogP contribution in [0.3, 0.4) is 0 Å². The van der Waals surface area contributed by atoms with E-state index in [4.69, 9.17) is 5.11 Å². The van der Waals surface area contributed by atoms with Gasteiger partial charge in [-0.3, -0.25) is 4.79 Å². The Morgan fingerprint density at radius 2 is 2.38 bits per heavy atom. The second-order valence-corrected chi connectivity index (χ2v) is 3.22. The summed E-state index contributed by atoms with van der Waals surface area (Å²) in [5, 5.41) is 12.9. The first-order valence-electron chi connectivity index (χ1n) is 3.51. The van der Waals surface area contributed by atoms with Crippen LogP contribution in [0.15, 0.2) is 5.38 Å². The van der Waals surface area contributed by atoms with Crippen LogP contribution in [0.25, 0.3) is 0 Å². The molecule has 5 nitrogen and oxygen atoms in total. The Morgan fingerprint density at radius 1 is 1.69 bits per heavy atom. The molecule has 0 fully saturated rings. The third kappa shape index (κ3) is 2.51. The Kier molecular flexibility index (Phi) is 2.97. The third-order valence-corrected chi connectivity index (χ3v) is 2.21. The maximum absolute atomic E-state index is 10.9. The van der Waals surface area contributed by atoms with Gasteiger partial charge in [0.05, 0.1) is 6.42 Å². The van der Waals surface area contributed by atoms with Crippen molar-refractivity contribution in [1.29, 1.82) is 0 Å². The highest BCUT2D eigenvalue weighted by molar-refractivity contribution is 7.09. The Morgan fingerprint density at radius 3 is 2.85 bits per heavy atom. The molecule has 13 heavy (non-hydrogen) atoms. The van der Waals surface area contributed by atoms with Crippen molar-refractivity contribution in [2.24, 2.45) is 0 Å². The number of thiazole rings is 1. The zero-order valence-corrected chi connectivity index (χ0v) is 7.72. The van der Waals surface area contributed by atoms with Crippen molar-refractivity contribution in [2.45, 2.75) is 6.42 Å². The summed E-state index contributed by atoms with van der Waals surface area (Å²) < 4.78 is 0. The van der Waals surface area contributed by atoms with Gasteiger partial charge >= 0.3 is 5.97 Å². The monoisotopic (exact) mass is 200 g/mol. The lowest BCUT2D eigenvalue weighted by molar-refractivity contribution is -0.119. The fourth-order valence-corrected chi connectivity index (χ4v) is 1.48. The number of carboxylic acid groups (broad SMARTS) is 1. The van der Waals surface area contributed by atoms with E-state index in [-0.39, 0.29) is 18.0 Å². The van der Waals surface area contributed by atoms with Crippen LogP contribution >= 0.6 is 11.3 Å². The zero-order valence-electron chi connectivity index (χ0n) is 6.90. The van der Waals surface area contributed by atoms with Crippen molar-refractivity contribution in [3.8, 4) is 0 Å². The van der Waals surface area contributed by atoms with Gasteiger partial charge < -0.3 is 10.4 Å². The minimum absolute atomic E-state index is 0.0103. The Hall–Kier alpha value is -1.43. The maximum atomic E-state index is 10.9. The summed E-state index contributed by atoms with van der Waals surface area (Å²) in [6.07, 6.45) is 0.133. The van der Waals surface area contributed by atoms with E-state index >= 15 is 0 Å². The second-order valence-electron chi connectivity index (χ2n) is 2.28. The number of carbonyl (C=O) groups excluding carboxylic acids is 1. The number of hydrogen-bond donors (Lipinski definition) is 2. The number of likely N-dealkylation sites (N-methyl/N-ethyl adjacent to an activating group) is 1. The molecule has 6 heteroatoms. The van der Waals surface area contributed by atoms with E-state index in [2.05, 4.69) is 10.3 Å². The van der Waals surface area contributed by atoms with E-state index in [1.807, 2.05) is 0 Å². The van der Waals surface area contributed by atoms with Crippen LogP contribution in [0.1, 0.15) is 15.5 Å². The van der Waals surface area contributed by atoms with E-state index in [9.17, 15) is 9.59 Å². The zero-order chi connectivity index (χ0) is 9.84. The summed E-state index contributed by atoms with van der Waals surface area (Å²) in [4.78, 5) is 25.0. The number of carboxylic acids is 1. The van der Waals surface area contributed by atoms with Gasteiger partial charge in [-0.25, -0.2) is 9.78 Å². The minimum atomic E-state index is -1.07. The lowest BCUT2D eigenvalue weighted by Crippen LogP contribution is -2.19. The molecule has 2 N–H and O–H groups in total. The van der Waals surface area contributed by atoms with Crippen molar-refractivity contribution in [1.82, 2.24) is 10.3 Å². The largest absolute Gasteiger partial charge is 0.476 e. The van der Waals surface area contributed by atoms with Crippen LogP contribution in [0.5, 0.6) is 0 Å². The number of amides is 1. The van der Waals surface area contributed by atoms with E-state index in [0.717, 1.165) is 0 Å². The normalized spacial score (nSPS) is 9.62. The smallest absolute Gasteiger partial charge is 0.355 e. The van der Waals surface area contributed by atoms with Crippen LogP contribution in [0.4, 0.5) is 0 Å². The number of rotatable bonds is 3. The van der Waals surface area contributed by atoms with Gasteiger partial charge in [-0.15, -0.1) is 11.3 Å². The Bertz CT molecular complexity index is 334. The highest BCUT2D eigenvalue weighted by Crippen LogP contribution is 2.09. The molecule has 1 aromatic heterocycles. The highest BCUT2D eigenvalue weighted by atomic mass is 32.1. The minimum Gasteiger partial charge on any atom is -0.476 e. The van der Waals surface area contributed by atoms with Gasteiger partial charge in [0.15, 0.2) is 5.69 Å². The average Bonchev–Trinajstić information content (AvgIpc) is 2.52. The van der Waals surface area contributed by atoms with Gasteiger partial charge in [0.25, 0.3) is 0 Å². The molecule has 1 heterocycles. The SMILES string of the molecule is CNC(=O)Cc1nc(C(=O)O)cs1. The highest BCUT2D eigenvalue weighted by Gasteiger charge is 2.10. The van der Waals surface area contributed by atoms with Crippen LogP contribution in [0, 0.1) is 0 Å². The first-order valence-corrected chi connectivity index (χ1v) is 4.39. The molecule has 0 aliphatic rings. The summed E-state index contributed by atoms with van der Waals surface area (Å²) in [6.45, 7) is 0. The fraction of sp³-hybridized carbons (Fsp3) is 0.286. The van der Waals surface area contributed by atoms with Crippen LogP contribution < -0.4 is 5.32 Å². The molecule has 0 bridgehead atoms. The second kappa shape index (κ2) is 3.99. The number of hydrogen-bond acceptors (Lipinski definition) is 4. The molecule has 0 saturated carbocycles. The average molecular weight is 200 g/mol. The number of nitrogens with zero attached hydrogens (tertiary/aromatic N) is 1. The van der Waals surface area contributed by atoms with E-state index in [1.54, 1.807) is 0 Å². The van der Waals surface area contributed by atoms with Gasteiger partial charge in [-0.05, 0) is 0 Å². The van der Waals surface area contributed by atoms with Crippen molar-refractivity contribution in [3.63, 3.8) is 0 Å². The molecule has 0 aliphatic carbocycles. The van der Waals surface area contributed by atoms with E-state index < -0.39 is 5.97 Å². The molecular weight excluding hydrogens is 192 g/mol. The standard InChI is InChI=1S/C7H8N2O3S/c1-8-5(10)2-6-9-4(3-13-6)7(11)12/h3H,2H2,1H3,(H,8,10)(H,11,12). The first kappa shape index (κ1) is 9.66. The number of nitrogens with one attached hydrogen (secondary N) is 1. The third-order valence-electron chi connectivity index (χ3n) is 1.36. The number of aromatic nitrogens is 1. The Balaban J connectivity index is 2.69. The molecule has 0 aromatic carbocycles. The van der Waals surface area contributed by atoms with Crippen molar-refractivity contribution in [3.05, 3.63) is 16.1 Å². The summed E-state index contributed by atoms with van der Waals surface area (Å²) >= 11 is 1.17. The molecule has 1 rings (SSSR count). The van der Waals surface area contributed by atoms with Crippen LogP contribution in [0.2, 0.25) is 0 Å². The summed E-state index contributed by atoms with van der Waals surface area (Å²) in [6, 6.07) is 0. The molecule has 0 aliphatic heterocycles. The van der Waals surface area contributed by atoms with Gasteiger partial charge in [0.2, 0.25) is 5.91 Å². The van der Waals surface area contributed by atoms with Gasteiger partial charge in [0, 0.05) is 12.4 Å². The molecule has 0 saturated heterocycles. The molecule has 0 spiro atoms. The lowest BCUT2D eigenvalue weighted by Gasteiger charge is -1.93. The number of carbonyl (C=O) groups is 2. The molecule has 0 unspecified atom stereocenters. The van der Waals surface area contributed by atoms with Gasteiger partial charge in [-0.1, -0.05) is 0 Å². The molecule has 0 atom stereocenters. The van der Waals surface area contributed by atoms with Gasteiger partial charge in [0.1, 0.15) is 5.01 Å². The molecule has 0 radical (unpaired) electrons. The predicted molar refractivity (Wildman–Crippen MR) is 46.8 cm³/mol. The van der Waals surface area contributed by atoms with Gasteiger partial charge in [-0.2, -0.15) is 0 Å². The number of aromatic carboxylic acids is 1. The summed E-state index contributed by atoms with van der Waals surface area (Å²) in [7, 11) is 1.52. The van der Waals surface area contributed by atoms with Crippen molar-refractivity contribution in [2.75, 3.05) is 7.05 Å². The molecule has 1 amide bonds. The predicted octanol–water partition coefficient (Wildman–Crippen LogP) is 0.130. The summed E-state index contributed by atoms with van der Waals surface area (Å²) in [5.41, 5.74) is -0.0103. The van der Waals surface area contributed by atoms with Crippen molar-refractivity contribution >= 4 is 23.2 Å². The fourth-order valence-electron chi connectivity index (χ4n) is 0.716. The Labute approximate surface area is 78.4 Å². The molecule has 1 aromatic rings. The quantitative estimate of drug-likeness (QED) is 0.726. The summed E-state index contributed by atoms with van der Waals surface area (Å²) in [5.74, 6) is -1.24.